The Morgan fingerprint density at radius 2 is 2.25 bits per heavy atom. The first kappa shape index (κ1) is 11.0. The zero-order valence-corrected chi connectivity index (χ0v) is 7.45. The van der Waals surface area contributed by atoms with E-state index in [1.54, 1.807) is 24.3 Å². The predicted octanol–water partition coefficient (Wildman–Crippen LogP) is 1.77. The molecule has 65 valence electrons. The number of rotatable bonds is 2. The monoisotopic (exact) mass is 205 g/mol. The van der Waals surface area contributed by atoms with Crippen molar-refractivity contribution in [1.29, 1.82) is 5.26 Å². The largest absolute Gasteiger partial charge is 0.525 e. The maximum absolute atomic E-state index is 8.51. The van der Waals surface area contributed by atoms with Crippen LogP contribution in [0.3, 0.4) is 0 Å². The van der Waals surface area contributed by atoms with Crippen molar-refractivity contribution in [3.05, 3.63) is 36.8 Å². The van der Waals surface area contributed by atoms with E-state index in [4.69, 9.17) is 10.00 Å². The summed E-state index contributed by atoms with van der Waals surface area (Å²) in [6, 6.07) is 9.02. The van der Waals surface area contributed by atoms with Gasteiger partial charge in [0.1, 0.15) is 5.75 Å². The smallest absolute Gasteiger partial charge is 0.116 e. The molecule has 0 amide bonds. The predicted molar refractivity (Wildman–Crippen MR) is 42.0 cm³/mol. The maximum atomic E-state index is 8.51. The molecule has 0 aliphatic carbocycles. The SMILES string of the molecule is [CH2-]COc1cccc(C#N)c1.[Co]. The van der Waals surface area contributed by atoms with Crippen LogP contribution in [0.15, 0.2) is 24.3 Å². The van der Waals surface area contributed by atoms with Crippen LogP contribution in [-0.4, -0.2) is 6.61 Å². The molecule has 2 nitrogen and oxygen atoms in total. The Hall–Kier alpha value is -0.984. The first-order valence-electron chi connectivity index (χ1n) is 3.29. The summed E-state index contributed by atoms with van der Waals surface area (Å²) in [6.45, 7) is 3.92. The van der Waals surface area contributed by atoms with Gasteiger partial charge in [-0.1, -0.05) is 6.07 Å². The molecule has 0 aromatic heterocycles. The van der Waals surface area contributed by atoms with Crippen LogP contribution in [0.25, 0.3) is 0 Å². The van der Waals surface area contributed by atoms with Gasteiger partial charge in [0.2, 0.25) is 0 Å². The van der Waals surface area contributed by atoms with Crippen LogP contribution in [0.1, 0.15) is 5.56 Å². The van der Waals surface area contributed by atoms with Crippen molar-refractivity contribution in [1.82, 2.24) is 0 Å². The Labute approximate surface area is 82.4 Å². The van der Waals surface area contributed by atoms with E-state index in [1.807, 2.05) is 6.07 Å². The fourth-order valence-corrected chi connectivity index (χ4v) is 0.773. The molecule has 0 fully saturated rings. The molecule has 0 aliphatic heterocycles. The Kier molecular flexibility index (Phi) is 5.18. The van der Waals surface area contributed by atoms with Crippen molar-refractivity contribution in [3.63, 3.8) is 0 Å². The first-order valence-corrected chi connectivity index (χ1v) is 3.29. The molecule has 1 rings (SSSR count). The molecule has 1 radical (unpaired) electrons. The Bertz CT molecular complexity index is 280. The van der Waals surface area contributed by atoms with Crippen molar-refractivity contribution < 1.29 is 21.5 Å². The van der Waals surface area contributed by atoms with Gasteiger partial charge in [-0.2, -0.15) is 5.26 Å². The van der Waals surface area contributed by atoms with E-state index in [2.05, 4.69) is 6.92 Å². The van der Waals surface area contributed by atoms with E-state index in [-0.39, 0.29) is 16.8 Å². The van der Waals surface area contributed by atoms with Crippen LogP contribution in [0.4, 0.5) is 0 Å². The van der Waals surface area contributed by atoms with Gasteiger partial charge in [0, 0.05) is 16.8 Å². The third-order valence-corrected chi connectivity index (χ3v) is 1.23. The number of nitrogens with zero attached hydrogens (tertiary/aromatic N) is 1. The summed E-state index contributed by atoms with van der Waals surface area (Å²) in [5.74, 6) is 0.694. The third kappa shape index (κ3) is 2.95. The number of benzene rings is 1. The summed E-state index contributed by atoms with van der Waals surface area (Å²) in [4.78, 5) is 0. The zero-order valence-electron chi connectivity index (χ0n) is 6.41. The standard InChI is InChI=1S/C9H8NO.Co/c1-2-11-9-5-3-4-8(6-9)7-10;/h3-6H,1-2H2;/q-1;. The minimum Gasteiger partial charge on any atom is -0.525 e. The summed E-state index contributed by atoms with van der Waals surface area (Å²) in [5.41, 5.74) is 0.607. The summed E-state index contributed by atoms with van der Waals surface area (Å²) in [7, 11) is 0. The van der Waals surface area contributed by atoms with Gasteiger partial charge >= 0.3 is 0 Å². The molecule has 12 heavy (non-hydrogen) atoms. The Morgan fingerprint density at radius 3 is 2.83 bits per heavy atom. The minimum absolute atomic E-state index is 0. The van der Waals surface area contributed by atoms with Crippen LogP contribution in [0.2, 0.25) is 0 Å². The molecule has 3 heteroatoms. The van der Waals surface area contributed by atoms with Gasteiger partial charge in [0.15, 0.2) is 0 Å². The van der Waals surface area contributed by atoms with E-state index in [9.17, 15) is 0 Å². The molecular formula is C9H8CoNO-. The van der Waals surface area contributed by atoms with Crippen molar-refractivity contribution in [2.24, 2.45) is 0 Å². The first-order chi connectivity index (χ1) is 5.36. The number of hydrogen-bond donors (Lipinski definition) is 0. The second-order valence-electron chi connectivity index (χ2n) is 1.99. The molecule has 0 aliphatic rings. The molecule has 0 spiro atoms. The quantitative estimate of drug-likeness (QED) is 0.689. The molecule has 1 aromatic rings. The Morgan fingerprint density at radius 1 is 1.50 bits per heavy atom. The molecule has 1 aromatic carbocycles. The fourth-order valence-electron chi connectivity index (χ4n) is 0.773. The fraction of sp³-hybridized carbons (Fsp3) is 0.111. The van der Waals surface area contributed by atoms with Crippen LogP contribution < -0.4 is 4.74 Å². The number of ether oxygens (including phenoxy) is 1. The van der Waals surface area contributed by atoms with Gasteiger partial charge in [0.25, 0.3) is 0 Å². The van der Waals surface area contributed by atoms with E-state index in [0.29, 0.717) is 17.9 Å². The summed E-state index contributed by atoms with van der Waals surface area (Å²) in [5, 5.41) is 8.51. The van der Waals surface area contributed by atoms with Gasteiger partial charge in [-0.25, -0.2) is 0 Å². The second kappa shape index (κ2) is 5.64. The third-order valence-electron chi connectivity index (χ3n) is 1.23. The second-order valence-corrected chi connectivity index (χ2v) is 1.99. The molecule has 0 saturated carbocycles. The zero-order chi connectivity index (χ0) is 8.10. The Balaban J connectivity index is 0.00000121. The average Bonchev–Trinajstić information content (AvgIpc) is 2.06. The molecule has 0 saturated heterocycles. The van der Waals surface area contributed by atoms with Gasteiger partial charge in [-0.15, -0.1) is 0 Å². The molecule has 0 N–H and O–H groups in total. The maximum Gasteiger partial charge on any atom is 0.116 e. The summed E-state index contributed by atoms with van der Waals surface area (Å²) in [6.07, 6.45) is 0. The molecule has 0 heterocycles. The van der Waals surface area contributed by atoms with Gasteiger partial charge in [-0.05, 0) is 24.8 Å². The van der Waals surface area contributed by atoms with Gasteiger partial charge in [-0.3, -0.25) is 0 Å². The number of hydrogen-bond acceptors (Lipinski definition) is 2. The van der Waals surface area contributed by atoms with Crippen LogP contribution in [-0.2, 0) is 16.8 Å². The van der Waals surface area contributed by atoms with E-state index in [0.717, 1.165) is 0 Å². The topological polar surface area (TPSA) is 33.0 Å². The van der Waals surface area contributed by atoms with Gasteiger partial charge in [0.05, 0.1) is 11.6 Å². The average molecular weight is 205 g/mol. The normalized spacial score (nSPS) is 8.00. The molecular weight excluding hydrogens is 197 g/mol. The molecule has 0 bridgehead atoms. The van der Waals surface area contributed by atoms with Crippen molar-refractivity contribution in [2.45, 2.75) is 0 Å². The summed E-state index contributed by atoms with van der Waals surface area (Å²) < 4.78 is 5.09. The van der Waals surface area contributed by atoms with E-state index < -0.39 is 0 Å². The molecule has 0 unspecified atom stereocenters. The summed E-state index contributed by atoms with van der Waals surface area (Å²) >= 11 is 0. The van der Waals surface area contributed by atoms with Crippen LogP contribution in [0.5, 0.6) is 5.75 Å². The van der Waals surface area contributed by atoms with Crippen molar-refractivity contribution in [3.8, 4) is 11.8 Å². The van der Waals surface area contributed by atoms with Crippen molar-refractivity contribution >= 4 is 0 Å². The van der Waals surface area contributed by atoms with Crippen LogP contribution in [0, 0.1) is 18.3 Å². The van der Waals surface area contributed by atoms with E-state index in [1.165, 1.54) is 0 Å². The number of nitriles is 1. The molecule has 0 atom stereocenters. The van der Waals surface area contributed by atoms with Crippen molar-refractivity contribution in [2.75, 3.05) is 6.61 Å². The van der Waals surface area contributed by atoms with Gasteiger partial charge < -0.3 is 11.7 Å². The van der Waals surface area contributed by atoms with Crippen LogP contribution >= 0.6 is 0 Å². The van der Waals surface area contributed by atoms with E-state index >= 15 is 0 Å². The minimum atomic E-state index is 0.